The van der Waals surface area contributed by atoms with Crippen molar-refractivity contribution in [3.05, 3.63) is 76.8 Å². The van der Waals surface area contributed by atoms with Gasteiger partial charge in [0.25, 0.3) is 5.91 Å². The molecule has 0 spiro atoms. The molecule has 2 aromatic carbocycles. The van der Waals surface area contributed by atoms with Crippen molar-refractivity contribution in [2.45, 2.75) is 52.0 Å². The summed E-state index contributed by atoms with van der Waals surface area (Å²) in [5, 5.41) is 20.2. The number of carbonyl (C=O) groups is 4. The van der Waals surface area contributed by atoms with Crippen molar-refractivity contribution in [2.75, 3.05) is 38.0 Å². The van der Waals surface area contributed by atoms with Crippen LogP contribution >= 0.6 is 0 Å². The lowest BCUT2D eigenvalue weighted by Gasteiger charge is -2.28. The maximum atomic E-state index is 13.8. The molecule has 0 aliphatic carbocycles. The second-order valence-electron chi connectivity index (χ2n) is 11.4. The third kappa shape index (κ3) is 7.34. The van der Waals surface area contributed by atoms with E-state index in [0.717, 1.165) is 36.8 Å². The van der Waals surface area contributed by atoms with Crippen LogP contribution in [-0.2, 0) is 9.59 Å². The molecule has 0 saturated carbocycles. The Labute approximate surface area is 262 Å². The summed E-state index contributed by atoms with van der Waals surface area (Å²) in [7, 11) is 0. The summed E-state index contributed by atoms with van der Waals surface area (Å²) in [6.45, 7) is 6.01. The fourth-order valence-corrected chi connectivity index (χ4v) is 5.77. The first kappa shape index (κ1) is 31.3. The number of aryl methyl sites for hydroxylation is 1. The molecule has 3 N–H and O–H groups in total. The molecule has 11 heteroatoms. The molecular formula is C34H38N6O5. The van der Waals surface area contributed by atoms with E-state index in [9.17, 15) is 24.4 Å². The number of hydrogen-bond donors (Lipinski definition) is 3. The molecule has 11 nitrogen and oxygen atoms in total. The van der Waals surface area contributed by atoms with Crippen LogP contribution in [0.4, 0.5) is 5.69 Å². The van der Waals surface area contributed by atoms with E-state index >= 15 is 0 Å². The minimum Gasteiger partial charge on any atom is -0.461 e. The Morgan fingerprint density at radius 2 is 1.69 bits per heavy atom. The molecule has 1 atom stereocenters. The number of nitrogens with one attached hydrogen (secondary N) is 3. The largest absolute Gasteiger partial charge is 0.461 e. The Balaban J connectivity index is 1.46. The molecular weight excluding hydrogens is 572 g/mol. The molecule has 234 valence electrons. The maximum Gasteiger partial charge on any atom is 0.251 e. The molecule has 2 aliphatic heterocycles. The fourth-order valence-electron chi connectivity index (χ4n) is 5.77. The number of hydrogen-bond acceptors (Lipinski definition) is 8. The zero-order valence-electron chi connectivity index (χ0n) is 25.7. The van der Waals surface area contributed by atoms with Gasteiger partial charge < -0.3 is 30.2 Å². The van der Waals surface area contributed by atoms with Crippen LogP contribution in [0.15, 0.2) is 64.3 Å². The molecule has 45 heavy (non-hydrogen) atoms. The van der Waals surface area contributed by atoms with Gasteiger partial charge in [-0.05, 0) is 82.3 Å². The lowest BCUT2D eigenvalue weighted by Crippen LogP contribution is -2.49. The zero-order valence-corrected chi connectivity index (χ0v) is 25.7. The lowest BCUT2D eigenvalue weighted by molar-refractivity contribution is -0.140. The van der Waals surface area contributed by atoms with Gasteiger partial charge >= 0.3 is 0 Å². The van der Waals surface area contributed by atoms with Crippen LogP contribution in [-0.4, -0.2) is 72.1 Å². The number of fused-ring (bicyclic) bond motifs is 1. The van der Waals surface area contributed by atoms with Gasteiger partial charge in [0.05, 0.1) is 6.54 Å². The quantitative estimate of drug-likeness (QED) is 0.177. The molecule has 3 aromatic rings. The number of benzene rings is 2. The first-order valence-electron chi connectivity index (χ1n) is 15.4. The van der Waals surface area contributed by atoms with Crippen LogP contribution in [0.1, 0.15) is 65.5 Å². The number of allylic oxidation sites excluding steroid dienone is 1. The van der Waals surface area contributed by atoms with Crippen LogP contribution in [0.3, 0.4) is 0 Å². The van der Waals surface area contributed by atoms with Gasteiger partial charge in [-0.15, -0.1) is 0 Å². The van der Waals surface area contributed by atoms with Gasteiger partial charge in [-0.25, -0.2) is 0 Å². The van der Waals surface area contributed by atoms with Crippen molar-refractivity contribution >= 4 is 40.2 Å². The number of likely N-dealkylation sites (tertiary alicyclic amines) is 2. The first-order valence-corrected chi connectivity index (χ1v) is 15.4. The number of amides is 3. The number of Topliss-reactive ketones (excluding diaryl/α,β-unsaturated/α-hetero) is 1. The second kappa shape index (κ2) is 14.1. The van der Waals surface area contributed by atoms with Gasteiger partial charge in [0.15, 0.2) is 0 Å². The number of nitriles is 1. The smallest absolute Gasteiger partial charge is 0.251 e. The van der Waals surface area contributed by atoms with Crippen molar-refractivity contribution in [1.29, 1.82) is 5.26 Å². The summed E-state index contributed by atoms with van der Waals surface area (Å²) in [4.78, 5) is 56.1. The van der Waals surface area contributed by atoms with Gasteiger partial charge in [-0.2, -0.15) is 5.26 Å². The van der Waals surface area contributed by atoms with Gasteiger partial charge in [0.2, 0.25) is 17.6 Å². The SMILES string of the molecule is CCNC(=O)c1ccc(C(=O)/C(C#N)=C(/Nc2ccc3oc(C)cc3c2)N[C@H]2CCCCN(CC(=O)N3CCCC3)C2=O)cc1. The summed E-state index contributed by atoms with van der Waals surface area (Å²) in [6.07, 6.45) is 3.86. The van der Waals surface area contributed by atoms with Gasteiger partial charge in [0.1, 0.15) is 34.8 Å². The van der Waals surface area contributed by atoms with E-state index in [-0.39, 0.29) is 41.2 Å². The summed E-state index contributed by atoms with van der Waals surface area (Å²) < 4.78 is 5.69. The summed E-state index contributed by atoms with van der Waals surface area (Å²) in [6, 6.07) is 14.6. The summed E-state index contributed by atoms with van der Waals surface area (Å²) in [5.41, 5.74) is 1.66. The van der Waals surface area contributed by atoms with Crippen LogP contribution in [0.25, 0.3) is 11.0 Å². The van der Waals surface area contributed by atoms with E-state index < -0.39 is 11.8 Å². The molecule has 0 radical (unpaired) electrons. The van der Waals surface area contributed by atoms with Crippen molar-refractivity contribution in [3.8, 4) is 6.07 Å². The number of furan rings is 1. The molecule has 5 rings (SSSR count). The minimum atomic E-state index is -0.766. The fraction of sp³-hybridized carbons (Fsp3) is 0.382. The van der Waals surface area contributed by atoms with Crippen molar-refractivity contribution in [3.63, 3.8) is 0 Å². The Bertz CT molecular complexity index is 1660. The molecule has 2 saturated heterocycles. The van der Waals surface area contributed by atoms with E-state index in [1.54, 1.807) is 21.9 Å². The monoisotopic (exact) mass is 610 g/mol. The highest BCUT2D eigenvalue weighted by Crippen LogP contribution is 2.25. The predicted molar refractivity (Wildman–Crippen MR) is 169 cm³/mol. The normalized spacial score (nSPS) is 17.4. The second-order valence-corrected chi connectivity index (χ2v) is 11.4. The zero-order chi connectivity index (χ0) is 31.9. The van der Waals surface area contributed by atoms with Crippen molar-refractivity contribution in [2.24, 2.45) is 0 Å². The Hall–Kier alpha value is -5.11. The highest BCUT2D eigenvalue weighted by molar-refractivity contribution is 6.12. The molecule has 0 unspecified atom stereocenters. The number of ketones is 1. The van der Waals surface area contributed by atoms with Crippen molar-refractivity contribution < 1.29 is 23.6 Å². The van der Waals surface area contributed by atoms with Crippen LogP contribution < -0.4 is 16.0 Å². The molecule has 2 aliphatic rings. The van der Waals surface area contributed by atoms with E-state index in [1.807, 2.05) is 32.0 Å². The molecule has 3 amide bonds. The number of rotatable bonds is 10. The van der Waals surface area contributed by atoms with Gasteiger partial charge in [0, 0.05) is 48.4 Å². The van der Waals surface area contributed by atoms with E-state index in [2.05, 4.69) is 16.0 Å². The maximum absolute atomic E-state index is 13.8. The molecule has 1 aromatic heterocycles. The van der Waals surface area contributed by atoms with Crippen LogP contribution in [0.5, 0.6) is 0 Å². The Morgan fingerprint density at radius 3 is 2.40 bits per heavy atom. The highest BCUT2D eigenvalue weighted by atomic mass is 16.3. The average Bonchev–Trinajstić information content (AvgIpc) is 3.67. The molecule has 3 heterocycles. The Morgan fingerprint density at radius 1 is 0.978 bits per heavy atom. The van der Waals surface area contributed by atoms with Gasteiger partial charge in [-0.3, -0.25) is 19.2 Å². The number of nitrogens with zero attached hydrogens (tertiary/aromatic N) is 3. The van der Waals surface area contributed by atoms with Crippen LogP contribution in [0.2, 0.25) is 0 Å². The van der Waals surface area contributed by atoms with Gasteiger partial charge in [-0.1, -0.05) is 12.1 Å². The summed E-state index contributed by atoms with van der Waals surface area (Å²) >= 11 is 0. The first-order chi connectivity index (χ1) is 21.8. The average molecular weight is 611 g/mol. The molecule has 2 fully saturated rings. The topological polar surface area (TPSA) is 148 Å². The van der Waals surface area contributed by atoms with E-state index in [4.69, 9.17) is 4.42 Å². The van der Waals surface area contributed by atoms with E-state index in [1.165, 1.54) is 24.3 Å². The lowest BCUT2D eigenvalue weighted by atomic mass is 10.0. The molecule has 0 bridgehead atoms. The van der Waals surface area contributed by atoms with Crippen molar-refractivity contribution in [1.82, 2.24) is 20.4 Å². The Kier molecular flexibility index (Phi) is 9.82. The third-order valence-corrected chi connectivity index (χ3v) is 8.13. The van der Waals surface area contributed by atoms with Crippen LogP contribution in [0, 0.1) is 18.3 Å². The number of carbonyl (C=O) groups excluding carboxylic acids is 4. The highest BCUT2D eigenvalue weighted by Gasteiger charge is 2.32. The number of anilines is 1. The third-order valence-electron chi connectivity index (χ3n) is 8.13. The van der Waals surface area contributed by atoms with E-state index in [0.29, 0.717) is 49.4 Å². The predicted octanol–water partition coefficient (Wildman–Crippen LogP) is 4.11. The standard InChI is InChI=1S/C34H38N6O5/c1-3-36-33(43)24-11-9-23(10-12-24)31(42)27(20-35)32(37-26-13-14-29-25(19-26)18-22(2)45-29)38-28-8-4-5-17-40(34(28)44)21-30(41)39-15-6-7-16-39/h9-14,18-19,28,37-38H,3-8,15-17,21H2,1-2H3,(H,36,43)/b32-27-/t28-/m0/s1. The minimum absolute atomic E-state index is 0.00198. The summed E-state index contributed by atoms with van der Waals surface area (Å²) in [5.74, 6) is -0.327.